The van der Waals surface area contributed by atoms with E-state index in [0.29, 0.717) is 6.42 Å². The Labute approximate surface area is 100 Å². The smallest absolute Gasteiger partial charge is 0.234 e. The minimum atomic E-state index is -0.404. The highest BCUT2D eigenvalue weighted by atomic mass is 32.1. The third kappa shape index (κ3) is 1.24. The lowest BCUT2D eigenvalue weighted by atomic mass is 10.0. The highest BCUT2D eigenvalue weighted by molar-refractivity contribution is 7.80. The first-order chi connectivity index (χ1) is 7.34. The van der Waals surface area contributed by atoms with Crippen molar-refractivity contribution in [2.75, 3.05) is 0 Å². The van der Waals surface area contributed by atoms with Gasteiger partial charge in [-0.05, 0) is 11.8 Å². The first kappa shape index (κ1) is 11.5. The molecule has 1 saturated heterocycles. The van der Waals surface area contributed by atoms with E-state index >= 15 is 0 Å². The molecule has 4 nitrogen and oxygen atoms in total. The molecule has 0 aromatic carbocycles. The zero-order valence-electron chi connectivity index (χ0n) is 9.69. The van der Waals surface area contributed by atoms with Crippen molar-refractivity contribution < 1.29 is 9.59 Å². The summed E-state index contributed by atoms with van der Waals surface area (Å²) in [6.07, 6.45) is 0.590. The largest absolute Gasteiger partial charge is 0.392 e. The number of carbonyl (C=O) groups is 2. The number of thiocarbonyl (C=S) groups is 1. The molecule has 1 heterocycles. The Morgan fingerprint density at radius 1 is 1.44 bits per heavy atom. The van der Waals surface area contributed by atoms with Crippen LogP contribution in [0.1, 0.15) is 27.2 Å². The molecule has 1 aliphatic carbocycles. The predicted molar refractivity (Wildman–Crippen MR) is 63.5 cm³/mol. The van der Waals surface area contributed by atoms with Gasteiger partial charge in [0, 0.05) is 0 Å². The molecule has 2 aliphatic rings. The highest BCUT2D eigenvalue weighted by Crippen LogP contribution is 2.63. The van der Waals surface area contributed by atoms with Crippen molar-refractivity contribution in [1.29, 1.82) is 0 Å². The third-order valence-corrected chi connectivity index (χ3v) is 4.13. The summed E-state index contributed by atoms with van der Waals surface area (Å²) in [6, 6.07) is -0.404. The van der Waals surface area contributed by atoms with Crippen molar-refractivity contribution in [2.24, 2.45) is 23.0 Å². The Hall–Kier alpha value is -0.970. The lowest BCUT2D eigenvalue weighted by Crippen LogP contribution is -2.49. The summed E-state index contributed by atoms with van der Waals surface area (Å²) in [5.74, 6) is -0.494. The zero-order valence-corrected chi connectivity index (χ0v) is 10.5. The van der Waals surface area contributed by atoms with Crippen molar-refractivity contribution in [2.45, 2.75) is 33.2 Å². The normalized spacial score (nSPS) is 32.6. The Morgan fingerprint density at radius 3 is 2.19 bits per heavy atom. The van der Waals surface area contributed by atoms with Crippen molar-refractivity contribution in [3.8, 4) is 0 Å². The van der Waals surface area contributed by atoms with Crippen LogP contribution in [0.4, 0.5) is 0 Å². The maximum absolute atomic E-state index is 12.1. The molecule has 3 unspecified atom stereocenters. The number of likely N-dealkylation sites (tertiary alicyclic amines) is 1. The molecule has 0 aromatic rings. The van der Waals surface area contributed by atoms with Crippen LogP contribution in [0.5, 0.6) is 0 Å². The molecule has 0 bridgehead atoms. The Kier molecular flexibility index (Phi) is 2.35. The van der Waals surface area contributed by atoms with Crippen LogP contribution in [0.3, 0.4) is 0 Å². The summed E-state index contributed by atoms with van der Waals surface area (Å²) < 4.78 is 0. The molecule has 16 heavy (non-hydrogen) atoms. The molecular weight excluding hydrogens is 224 g/mol. The average Bonchev–Trinajstić information content (AvgIpc) is 2.63. The van der Waals surface area contributed by atoms with Gasteiger partial charge in [0.05, 0.1) is 22.9 Å². The van der Waals surface area contributed by atoms with Gasteiger partial charge in [0.15, 0.2) is 0 Å². The number of amides is 2. The predicted octanol–water partition coefficient (Wildman–Crippen LogP) is 0.692. The fourth-order valence-electron chi connectivity index (χ4n) is 2.79. The van der Waals surface area contributed by atoms with Gasteiger partial charge in [-0.3, -0.25) is 14.5 Å². The van der Waals surface area contributed by atoms with Crippen LogP contribution >= 0.6 is 12.2 Å². The SMILES string of the molecule is CCC(C(N)=S)N1C(=O)C2C(C1=O)C2(C)C. The number of imide groups is 1. The fourth-order valence-corrected chi connectivity index (χ4v) is 3.06. The second-order valence-electron chi connectivity index (χ2n) is 5.15. The van der Waals surface area contributed by atoms with E-state index in [2.05, 4.69) is 0 Å². The van der Waals surface area contributed by atoms with E-state index in [-0.39, 0.29) is 34.1 Å². The van der Waals surface area contributed by atoms with Crippen molar-refractivity contribution in [1.82, 2.24) is 4.90 Å². The molecule has 0 aromatic heterocycles. The van der Waals surface area contributed by atoms with Crippen LogP contribution in [0, 0.1) is 17.3 Å². The summed E-state index contributed by atoms with van der Waals surface area (Å²) in [4.78, 5) is 25.6. The summed E-state index contributed by atoms with van der Waals surface area (Å²) in [7, 11) is 0. The number of rotatable bonds is 3. The first-order valence-corrected chi connectivity index (χ1v) is 5.91. The van der Waals surface area contributed by atoms with Gasteiger partial charge in [-0.25, -0.2) is 0 Å². The third-order valence-electron chi connectivity index (χ3n) is 3.86. The van der Waals surface area contributed by atoms with Gasteiger partial charge in [0.2, 0.25) is 11.8 Å². The molecule has 1 aliphatic heterocycles. The summed E-state index contributed by atoms with van der Waals surface area (Å²) >= 11 is 4.90. The van der Waals surface area contributed by atoms with Gasteiger partial charge in [-0.15, -0.1) is 0 Å². The molecule has 2 rings (SSSR count). The van der Waals surface area contributed by atoms with E-state index in [0.717, 1.165) is 0 Å². The fraction of sp³-hybridized carbons (Fsp3) is 0.727. The lowest BCUT2D eigenvalue weighted by molar-refractivity contribution is -0.144. The van der Waals surface area contributed by atoms with Gasteiger partial charge in [-0.2, -0.15) is 0 Å². The van der Waals surface area contributed by atoms with Crippen molar-refractivity contribution in [3.63, 3.8) is 0 Å². The van der Waals surface area contributed by atoms with E-state index < -0.39 is 6.04 Å². The van der Waals surface area contributed by atoms with Gasteiger partial charge in [-0.1, -0.05) is 33.0 Å². The summed E-state index contributed by atoms with van der Waals surface area (Å²) in [6.45, 7) is 5.79. The van der Waals surface area contributed by atoms with E-state index in [9.17, 15) is 9.59 Å². The maximum Gasteiger partial charge on any atom is 0.234 e. The number of fused-ring (bicyclic) bond motifs is 1. The topological polar surface area (TPSA) is 63.4 Å². The summed E-state index contributed by atoms with van der Waals surface area (Å²) in [5, 5.41) is 0. The van der Waals surface area contributed by atoms with E-state index in [1.165, 1.54) is 4.90 Å². The van der Waals surface area contributed by atoms with Crippen LogP contribution in [0.2, 0.25) is 0 Å². The van der Waals surface area contributed by atoms with E-state index in [4.69, 9.17) is 18.0 Å². The van der Waals surface area contributed by atoms with Crippen LogP contribution in [0.15, 0.2) is 0 Å². The molecule has 88 valence electrons. The van der Waals surface area contributed by atoms with Crippen LogP contribution in [-0.4, -0.2) is 27.7 Å². The quantitative estimate of drug-likeness (QED) is 0.582. The second kappa shape index (κ2) is 3.26. The van der Waals surface area contributed by atoms with Gasteiger partial charge < -0.3 is 5.73 Å². The molecule has 1 saturated carbocycles. The van der Waals surface area contributed by atoms with E-state index in [1.807, 2.05) is 20.8 Å². The highest BCUT2D eigenvalue weighted by Gasteiger charge is 2.73. The zero-order chi connectivity index (χ0) is 12.2. The van der Waals surface area contributed by atoms with Crippen LogP contribution in [-0.2, 0) is 9.59 Å². The Balaban J connectivity index is 2.25. The Bertz CT molecular complexity index is 367. The van der Waals surface area contributed by atoms with Crippen LogP contribution < -0.4 is 5.73 Å². The number of nitrogens with zero attached hydrogens (tertiary/aromatic N) is 1. The number of hydrogen-bond donors (Lipinski definition) is 1. The monoisotopic (exact) mass is 240 g/mol. The molecule has 0 radical (unpaired) electrons. The minimum absolute atomic E-state index is 0.0975. The van der Waals surface area contributed by atoms with Gasteiger partial charge in [0.1, 0.15) is 0 Å². The number of carbonyl (C=O) groups excluding carboxylic acids is 2. The van der Waals surface area contributed by atoms with Gasteiger partial charge in [0.25, 0.3) is 0 Å². The number of hydrogen-bond acceptors (Lipinski definition) is 3. The van der Waals surface area contributed by atoms with Crippen molar-refractivity contribution >= 4 is 29.0 Å². The Morgan fingerprint density at radius 2 is 1.88 bits per heavy atom. The second-order valence-corrected chi connectivity index (χ2v) is 5.62. The molecule has 2 N–H and O–H groups in total. The molecule has 2 fully saturated rings. The van der Waals surface area contributed by atoms with E-state index in [1.54, 1.807) is 0 Å². The molecular formula is C11H16N2O2S. The molecule has 2 amide bonds. The minimum Gasteiger partial charge on any atom is -0.392 e. The maximum atomic E-state index is 12.1. The van der Waals surface area contributed by atoms with Crippen LogP contribution in [0.25, 0.3) is 0 Å². The molecule has 5 heteroatoms. The van der Waals surface area contributed by atoms with Gasteiger partial charge >= 0.3 is 0 Å². The average molecular weight is 240 g/mol. The molecule has 0 spiro atoms. The molecule has 3 atom stereocenters. The standard InChI is InChI=1S/C11H16N2O2S/c1-4-5(8(12)16)13-9(14)6-7(10(13)15)11(6,2)3/h5-7H,4H2,1-3H3,(H2,12,16). The summed E-state index contributed by atoms with van der Waals surface area (Å²) in [5.41, 5.74) is 5.40. The van der Waals surface area contributed by atoms with Crippen molar-refractivity contribution in [3.05, 3.63) is 0 Å². The number of piperidine rings is 1. The first-order valence-electron chi connectivity index (χ1n) is 5.50. The lowest BCUT2D eigenvalue weighted by Gasteiger charge is -2.27. The number of nitrogens with two attached hydrogens (primary N) is 1.